The Labute approximate surface area is 95.6 Å². The van der Waals surface area contributed by atoms with Crippen LogP contribution in [-0.4, -0.2) is 11.0 Å². The Bertz CT molecular complexity index is 590. The number of aromatic nitrogens is 1. The van der Waals surface area contributed by atoms with Gasteiger partial charge in [-0.25, -0.2) is 18.0 Å². The second-order valence-electron chi connectivity index (χ2n) is 3.08. The van der Waals surface area contributed by atoms with Crippen LogP contribution >= 0.6 is 15.9 Å². The SMILES string of the molecule is O=c1oc2c(F)ccc(Br)c2n1CC(F)F. The molecule has 0 aliphatic carbocycles. The third kappa shape index (κ3) is 1.75. The molecule has 3 nitrogen and oxygen atoms in total. The van der Waals surface area contributed by atoms with Gasteiger partial charge in [0.1, 0.15) is 5.52 Å². The number of nitrogens with zero attached hydrogens (tertiary/aromatic N) is 1. The van der Waals surface area contributed by atoms with Crippen molar-refractivity contribution < 1.29 is 17.6 Å². The zero-order chi connectivity index (χ0) is 11.9. The van der Waals surface area contributed by atoms with E-state index in [4.69, 9.17) is 0 Å². The van der Waals surface area contributed by atoms with Crippen molar-refractivity contribution in [3.63, 3.8) is 0 Å². The molecule has 0 radical (unpaired) electrons. The van der Waals surface area contributed by atoms with Gasteiger partial charge in [0.15, 0.2) is 11.4 Å². The van der Waals surface area contributed by atoms with Crippen LogP contribution in [0.4, 0.5) is 13.2 Å². The second kappa shape index (κ2) is 3.97. The molecule has 0 unspecified atom stereocenters. The molecule has 1 heterocycles. The normalized spacial score (nSPS) is 11.6. The number of rotatable bonds is 2. The van der Waals surface area contributed by atoms with Gasteiger partial charge in [-0.05, 0) is 28.1 Å². The number of benzene rings is 1. The monoisotopic (exact) mass is 295 g/mol. The molecule has 0 saturated heterocycles. The van der Waals surface area contributed by atoms with Crippen LogP contribution < -0.4 is 5.76 Å². The van der Waals surface area contributed by atoms with E-state index in [0.29, 0.717) is 9.04 Å². The van der Waals surface area contributed by atoms with Crippen molar-refractivity contribution in [2.45, 2.75) is 13.0 Å². The summed E-state index contributed by atoms with van der Waals surface area (Å²) in [5, 5.41) is 0. The summed E-state index contributed by atoms with van der Waals surface area (Å²) in [7, 11) is 0. The molecule has 2 aromatic rings. The van der Waals surface area contributed by atoms with Gasteiger partial charge < -0.3 is 4.42 Å². The predicted octanol–water partition coefficient (Wildman–Crippen LogP) is 2.76. The maximum atomic E-state index is 13.2. The van der Waals surface area contributed by atoms with E-state index in [0.717, 1.165) is 6.07 Å². The molecule has 0 N–H and O–H groups in total. The average Bonchev–Trinajstić information content (AvgIpc) is 2.51. The lowest BCUT2D eigenvalue weighted by Crippen LogP contribution is -2.18. The van der Waals surface area contributed by atoms with Crippen molar-refractivity contribution in [3.8, 4) is 0 Å². The van der Waals surface area contributed by atoms with Crippen LogP contribution in [0.5, 0.6) is 0 Å². The molecule has 0 saturated carbocycles. The summed E-state index contributed by atoms with van der Waals surface area (Å²) in [6.07, 6.45) is -2.71. The third-order valence-electron chi connectivity index (χ3n) is 2.03. The van der Waals surface area contributed by atoms with E-state index >= 15 is 0 Å². The Morgan fingerprint density at radius 3 is 2.75 bits per heavy atom. The Hall–Kier alpha value is -1.24. The van der Waals surface area contributed by atoms with Crippen LogP contribution in [0, 0.1) is 5.82 Å². The van der Waals surface area contributed by atoms with Gasteiger partial charge in [-0.1, -0.05) is 0 Å². The molecule has 0 bridgehead atoms. The van der Waals surface area contributed by atoms with Gasteiger partial charge >= 0.3 is 5.76 Å². The first-order chi connectivity index (χ1) is 7.50. The zero-order valence-electron chi connectivity index (χ0n) is 7.71. The zero-order valence-corrected chi connectivity index (χ0v) is 9.30. The molecule has 0 aliphatic rings. The van der Waals surface area contributed by atoms with Gasteiger partial charge in [0.05, 0.1) is 6.54 Å². The average molecular weight is 296 g/mol. The summed E-state index contributed by atoms with van der Waals surface area (Å²) in [6.45, 7) is -0.826. The molecule has 0 amide bonds. The lowest BCUT2D eigenvalue weighted by molar-refractivity contribution is 0.125. The third-order valence-corrected chi connectivity index (χ3v) is 2.67. The van der Waals surface area contributed by atoms with E-state index in [9.17, 15) is 18.0 Å². The smallest absolute Gasteiger partial charge is 0.404 e. The maximum Gasteiger partial charge on any atom is 0.420 e. The number of hydrogen-bond donors (Lipinski definition) is 0. The van der Waals surface area contributed by atoms with Gasteiger partial charge in [0, 0.05) is 4.47 Å². The van der Waals surface area contributed by atoms with E-state index in [1.54, 1.807) is 0 Å². The van der Waals surface area contributed by atoms with E-state index in [-0.39, 0.29) is 11.1 Å². The topological polar surface area (TPSA) is 35.1 Å². The van der Waals surface area contributed by atoms with Crippen LogP contribution in [0.2, 0.25) is 0 Å². The molecule has 16 heavy (non-hydrogen) atoms. The van der Waals surface area contributed by atoms with E-state index in [2.05, 4.69) is 20.3 Å². The highest BCUT2D eigenvalue weighted by molar-refractivity contribution is 9.10. The molecule has 0 spiro atoms. The van der Waals surface area contributed by atoms with Crippen LogP contribution in [0.3, 0.4) is 0 Å². The molecule has 0 fully saturated rings. The highest BCUT2D eigenvalue weighted by atomic mass is 79.9. The number of hydrogen-bond acceptors (Lipinski definition) is 2. The lowest BCUT2D eigenvalue weighted by atomic mass is 10.3. The van der Waals surface area contributed by atoms with Gasteiger partial charge in [-0.15, -0.1) is 0 Å². The fourth-order valence-corrected chi connectivity index (χ4v) is 1.93. The van der Waals surface area contributed by atoms with Crippen molar-refractivity contribution in [2.24, 2.45) is 0 Å². The number of alkyl halides is 2. The summed E-state index contributed by atoms with van der Waals surface area (Å²) in [4.78, 5) is 11.3. The highest BCUT2D eigenvalue weighted by Gasteiger charge is 2.18. The van der Waals surface area contributed by atoms with Crippen LogP contribution in [0.25, 0.3) is 11.1 Å². The van der Waals surface area contributed by atoms with E-state index < -0.39 is 24.5 Å². The summed E-state index contributed by atoms with van der Waals surface area (Å²) in [5.74, 6) is -1.76. The Balaban J connectivity index is 2.78. The van der Waals surface area contributed by atoms with E-state index in [1.165, 1.54) is 6.07 Å². The van der Waals surface area contributed by atoms with Crippen molar-refractivity contribution in [3.05, 3.63) is 33.0 Å². The minimum Gasteiger partial charge on any atom is -0.404 e. The molecule has 1 aromatic carbocycles. The first-order valence-corrected chi connectivity index (χ1v) is 5.05. The van der Waals surface area contributed by atoms with Crippen molar-refractivity contribution in [2.75, 3.05) is 0 Å². The van der Waals surface area contributed by atoms with Crippen molar-refractivity contribution in [1.29, 1.82) is 0 Å². The molecule has 7 heteroatoms. The van der Waals surface area contributed by atoms with Crippen molar-refractivity contribution in [1.82, 2.24) is 4.57 Å². The van der Waals surface area contributed by atoms with Crippen molar-refractivity contribution >= 4 is 27.0 Å². The maximum absolute atomic E-state index is 13.2. The number of fused-ring (bicyclic) bond motifs is 1. The summed E-state index contributed by atoms with van der Waals surface area (Å²) in [6, 6.07) is 2.41. The van der Waals surface area contributed by atoms with Gasteiger partial charge in [0.25, 0.3) is 6.43 Å². The minimum absolute atomic E-state index is 0.00491. The fraction of sp³-hybridized carbons (Fsp3) is 0.222. The quantitative estimate of drug-likeness (QED) is 0.854. The fourth-order valence-electron chi connectivity index (χ4n) is 1.41. The molecule has 1 aromatic heterocycles. The summed E-state index contributed by atoms with van der Waals surface area (Å²) in [5.41, 5.74) is -0.315. The van der Waals surface area contributed by atoms with Gasteiger partial charge in [-0.3, -0.25) is 4.57 Å². The number of halogens is 4. The largest absolute Gasteiger partial charge is 0.420 e. The first kappa shape index (κ1) is 11.3. The minimum atomic E-state index is -2.71. The van der Waals surface area contributed by atoms with Crippen LogP contribution in [0.15, 0.2) is 25.8 Å². The Morgan fingerprint density at radius 2 is 2.12 bits per heavy atom. The summed E-state index contributed by atoms with van der Waals surface area (Å²) < 4.78 is 43.3. The lowest BCUT2D eigenvalue weighted by Gasteiger charge is -2.01. The van der Waals surface area contributed by atoms with Crippen LogP contribution in [0.1, 0.15) is 0 Å². The molecule has 0 atom stereocenters. The molecule has 2 rings (SSSR count). The molecular weight excluding hydrogens is 291 g/mol. The van der Waals surface area contributed by atoms with Gasteiger partial charge in [-0.2, -0.15) is 0 Å². The Morgan fingerprint density at radius 1 is 1.44 bits per heavy atom. The Kier molecular flexibility index (Phi) is 2.79. The molecular formula is C9H5BrF3NO2. The number of oxazole rings is 1. The highest BCUT2D eigenvalue weighted by Crippen LogP contribution is 2.25. The van der Waals surface area contributed by atoms with Crippen LogP contribution in [-0.2, 0) is 6.54 Å². The van der Waals surface area contributed by atoms with E-state index in [1.807, 2.05) is 0 Å². The molecule has 86 valence electrons. The summed E-state index contributed by atoms with van der Waals surface area (Å²) >= 11 is 3.05. The molecule has 0 aliphatic heterocycles. The predicted molar refractivity (Wildman–Crippen MR) is 54.1 cm³/mol. The van der Waals surface area contributed by atoms with Gasteiger partial charge in [0.2, 0.25) is 0 Å². The standard InChI is InChI=1S/C9H5BrF3NO2/c10-4-1-2-5(11)8-7(4)14(3-6(12)13)9(15)16-8/h1-2,6H,3H2. The first-order valence-electron chi connectivity index (χ1n) is 4.26. The second-order valence-corrected chi connectivity index (χ2v) is 3.93.